The lowest BCUT2D eigenvalue weighted by atomic mass is 9.87. The third kappa shape index (κ3) is 3.08. The number of carbonyl (C=O) groups excluding carboxylic acids is 1. The van der Waals surface area contributed by atoms with Crippen LogP contribution in [0, 0.1) is 5.92 Å². The third-order valence-corrected chi connectivity index (χ3v) is 3.92. The minimum absolute atomic E-state index is 0.0702. The van der Waals surface area contributed by atoms with Gasteiger partial charge in [0.1, 0.15) is 5.82 Å². The number of nitrogens with zero attached hydrogens (tertiary/aromatic N) is 1. The van der Waals surface area contributed by atoms with E-state index in [0.717, 1.165) is 11.0 Å². The predicted octanol–water partition coefficient (Wildman–Crippen LogP) is 2.37. The molecule has 0 fully saturated rings. The third-order valence-electron chi connectivity index (χ3n) is 3.92. The van der Waals surface area contributed by atoms with E-state index >= 15 is 0 Å². The Hall–Kier alpha value is -1.88. The summed E-state index contributed by atoms with van der Waals surface area (Å²) in [6, 6.07) is 5.64. The average molecular weight is 288 g/mol. The standard InChI is InChI=1S/C16H24N4O/c1-5-10(14(18)21)13(17)15-19-11-7-6-9(16(2,3)4)8-12(11)20-15/h6-8,10,13H,5,17H2,1-4H3,(H2,18,21)(H,19,20)/t10?,13-/m0/s1. The molecule has 0 aliphatic rings. The fourth-order valence-electron chi connectivity index (χ4n) is 2.48. The lowest BCUT2D eigenvalue weighted by Crippen LogP contribution is -2.33. The molecule has 0 radical (unpaired) electrons. The number of benzene rings is 1. The summed E-state index contributed by atoms with van der Waals surface area (Å²) in [6.45, 7) is 8.39. The molecule has 1 amide bonds. The van der Waals surface area contributed by atoms with Gasteiger partial charge in [0.15, 0.2) is 0 Å². The lowest BCUT2D eigenvalue weighted by Gasteiger charge is -2.18. The Kier molecular flexibility index (Phi) is 4.05. The summed E-state index contributed by atoms with van der Waals surface area (Å²) in [5.74, 6) is -0.185. The highest BCUT2D eigenvalue weighted by Gasteiger charge is 2.25. The number of carbonyl (C=O) groups is 1. The Bertz CT molecular complexity index is 654. The number of hydrogen-bond donors (Lipinski definition) is 3. The molecule has 21 heavy (non-hydrogen) atoms. The van der Waals surface area contributed by atoms with E-state index in [-0.39, 0.29) is 11.3 Å². The fourth-order valence-corrected chi connectivity index (χ4v) is 2.48. The normalized spacial score (nSPS) is 15.1. The monoisotopic (exact) mass is 288 g/mol. The molecule has 1 aromatic carbocycles. The van der Waals surface area contributed by atoms with Crippen LogP contribution in [0.5, 0.6) is 0 Å². The van der Waals surface area contributed by atoms with Crippen molar-refractivity contribution in [2.75, 3.05) is 0 Å². The van der Waals surface area contributed by atoms with E-state index in [0.29, 0.717) is 12.2 Å². The van der Waals surface area contributed by atoms with Crippen LogP contribution in [0.25, 0.3) is 11.0 Å². The summed E-state index contributed by atoms with van der Waals surface area (Å²) in [7, 11) is 0. The van der Waals surface area contributed by atoms with E-state index < -0.39 is 12.0 Å². The van der Waals surface area contributed by atoms with Crippen LogP contribution in [0.2, 0.25) is 0 Å². The van der Waals surface area contributed by atoms with Crippen molar-refractivity contribution < 1.29 is 4.79 Å². The molecule has 5 nitrogen and oxygen atoms in total. The zero-order valence-corrected chi connectivity index (χ0v) is 13.1. The van der Waals surface area contributed by atoms with E-state index in [1.165, 1.54) is 5.56 Å². The molecule has 1 aromatic heterocycles. The lowest BCUT2D eigenvalue weighted by molar-refractivity contribution is -0.122. The number of rotatable bonds is 4. The molecule has 114 valence electrons. The predicted molar refractivity (Wildman–Crippen MR) is 84.7 cm³/mol. The first-order valence-electron chi connectivity index (χ1n) is 7.29. The number of imidazole rings is 1. The quantitative estimate of drug-likeness (QED) is 0.805. The van der Waals surface area contributed by atoms with Gasteiger partial charge in [-0.2, -0.15) is 0 Å². The second kappa shape index (κ2) is 5.48. The molecule has 0 saturated heterocycles. The van der Waals surface area contributed by atoms with Crippen molar-refractivity contribution in [2.45, 2.75) is 45.6 Å². The number of hydrogen-bond acceptors (Lipinski definition) is 3. The van der Waals surface area contributed by atoms with Gasteiger partial charge in [-0.25, -0.2) is 4.98 Å². The summed E-state index contributed by atoms with van der Waals surface area (Å²) in [5.41, 5.74) is 14.6. The first-order valence-corrected chi connectivity index (χ1v) is 7.29. The number of aromatic amines is 1. The summed E-state index contributed by atoms with van der Waals surface area (Å²) < 4.78 is 0. The molecular weight excluding hydrogens is 264 g/mol. The Morgan fingerprint density at radius 1 is 1.38 bits per heavy atom. The zero-order chi connectivity index (χ0) is 15.8. The minimum atomic E-state index is -0.502. The van der Waals surface area contributed by atoms with Crippen molar-refractivity contribution in [1.29, 1.82) is 0 Å². The van der Waals surface area contributed by atoms with Crippen LogP contribution in [0.15, 0.2) is 18.2 Å². The summed E-state index contributed by atoms with van der Waals surface area (Å²) in [4.78, 5) is 19.2. The molecule has 1 unspecified atom stereocenters. The van der Waals surface area contributed by atoms with Gasteiger partial charge in [0, 0.05) is 0 Å². The van der Waals surface area contributed by atoms with Crippen molar-refractivity contribution in [2.24, 2.45) is 17.4 Å². The van der Waals surface area contributed by atoms with Crippen LogP contribution in [0.1, 0.15) is 51.5 Å². The van der Waals surface area contributed by atoms with Gasteiger partial charge in [-0.15, -0.1) is 0 Å². The van der Waals surface area contributed by atoms with Crippen LogP contribution >= 0.6 is 0 Å². The van der Waals surface area contributed by atoms with Crippen molar-refractivity contribution in [1.82, 2.24) is 9.97 Å². The van der Waals surface area contributed by atoms with Gasteiger partial charge < -0.3 is 16.5 Å². The second-order valence-electron chi connectivity index (χ2n) is 6.55. The molecule has 2 rings (SSSR count). The smallest absolute Gasteiger partial charge is 0.222 e. The molecule has 0 bridgehead atoms. The highest BCUT2D eigenvalue weighted by atomic mass is 16.1. The SMILES string of the molecule is CCC(C(N)=O)[C@H](N)c1nc2ccc(C(C)(C)C)cc2[nH]1. The number of amides is 1. The first kappa shape index (κ1) is 15.5. The van der Waals surface area contributed by atoms with Gasteiger partial charge in [0.05, 0.1) is 23.0 Å². The number of nitrogens with two attached hydrogens (primary N) is 2. The highest BCUT2D eigenvalue weighted by molar-refractivity contribution is 5.79. The van der Waals surface area contributed by atoms with Crippen LogP contribution in [0.4, 0.5) is 0 Å². The van der Waals surface area contributed by atoms with Gasteiger partial charge in [-0.1, -0.05) is 33.8 Å². The molecule has 0 spiro atoms. The summed E-state index contributed by atoms with van der Waals surface area (Å²) in [6.07, 6.45) is 0.598. The topological polar surface area (TPSA) is 97.8 Å². The van der Waals surface area contributed by atoms with Crippen LogP contribution in [-0.4, -0.2) is 15.9 Å². The largest absolute Gasteiger partial charge is 0.369 e. The molecule has 5 heteroatoms. The molecule has 5 N–H and O–H groups in total. The molecule has 1 heterocycles. The average Bonchev–Trinajstić information content (AvgIpc) is 2.80. The Morgan fingerprint density at radius 2 is 2.05 bits per heavy atom. The number of aromatic nitrogens is 2. The number of H-pyrrole nitrogens is 1. The van der Waals surface area contributed by atoms with E-state index in [2.05, 4.69) is 42.9 Å². The fraction of sp³-hybridized carbons (Fsp3) is 0.500. The first-order chi connectivity index (χ1) is 9.74. The second-order valence-corrected chi connectivity index (χ2v) is 6.55. The summed E-state index contributed by atoms with van der Waals surface area (Å²) in [5, 5.41) is 0. The highest BCUT2D eigenvalue weighted by Crippen LogP contribution is 2.27. The van der Waals surface area contributed by atoms with Gasteiger partial charge in [0.25, 0.3) is 0 Å². The molecule has 2 atom stereocenters. The van der Waals surface area contributed by atoms with Crippen LogP contribution in [0.3, 0.4) is 0 Å². The Morgan fingerprint density at radius 3 is 2.57 bits per heavy atom. The van der Waals surface area contributed by atoms with Crippen LogP contribution in [-0.2, 0) is 10.2 Å². The Balaban J connectivity index is 2.41. The minimum Gasteiger partial charge on any atom is -0.369 e. The van der Waals surface area contributed by atoms with Crippen molar-refractivity contribution >= 4 is 16.9 Å². The molecule has 0 saturated carbocycles. The number of fused-ring (bicyclic) bond motifs is 1. The van der Waals surface area contributed by atoms with Gasteiger partial charge in [0.2, 0.25) is 5.91 Å². The van der Waals surface area contributed by atoms with Gasteiger partial charge in [-0.05, 0) is 29.5 Å². The maximum atomic E-state index is 11.4. The van der Waals surface area contributed by atoms with Crippen LogP contribution < -0.4 is 11.5 Å². The van der Waals surface area contributed by atoms with Crippen molar-refractivity contribution in [3.05, 3.63) is 29.6 Å². The maximum absolute atomic E-state index is 11.4. The zero-order valence-electron chi connectivity index (χ0n) is 13.1. The molecular formula is C16H24N4O. The van der Waals surface area contributed by atoms with Crippen molar-refractivity contribution in [3.8, 4) is 0 Å². The molecule has 0 aliphatic heterocycles. The summed E-state index contributed by atoms with van der Waals surface area (Å²) >= 11 is 0. The van der Waals surface area contributed by atoms with E-state index in [9.17, 15) is 4.79 Å². The number of primary amides is 1. The van der Waals surface area contributed by atoms with Gasteiger partial charge >= 0.3 is 0 Å². The Labute approximate surface area is 125 Å². The number of nitrogens with one attached hydrogen (secondary N) is 1. The van der Waals surface area contributed by atoms with E-state index in [1.807, 2.05) is 13.0 Å². The van der Waals surface area contributed by atoms with E-state index in [1.54, 1.807) is 0 Å². The van der Waals surface area contributed by atoms with Crippen molar-refractivity contribution in [3.63, 3.8) is 0 Å². The molecule has 0 aliphatic carbocycles. The van der Waals surface area contributed by atoms with E-state index in [4.69, 9.17) is 11.5 Å². The van der Waals surface area contributed by atoms with Gasteiger partial charge in [-0.3, -0.25) is 4.79 Å². The molecule has 2 aromatic rings. The maximum Gasteiger partial charge on any atom is 0.222 e.